The van der Waals surface area contributed by atoms with Gasteiger partial charge < -0.3 is 4.42 Å². The van der Waals surface area contributed by atoms with Crippen molar-refractivity contribution in [2.24, 2.45) is 0 Å². The van der Waals surface area contributed by atoms with Gasteiger partial charge in [-0.3, -0.25) is 4.57 Å². The van der Waals surface area contributed by atoms with E-state index in [1.165, 1.54) is 20.2 Å². The second-order valence-corrected chi connectivity index (χ2v) is 12.3. The summed E-state index contributed by atoms with van der Waals surface area (Å²) in [6.07, 6.45) is 0. The lowest BCUT2D eigenvalue weighted by Crippen LogP contribution is -2.06. The molecule has 0 atom stereocenters. The topological polar surface area (TPSA) is 56.7 Å². The fraction of sp³-hybridized carbons (Fsp3) is 0. The average Bonchev–Trinajstić information content (AvgIpc) is 3.77. The summed E-state index contributed by atoms with van der Waals surface area (Å²) in [6.45, 7) is 0. The summed E-state index contributed by atoms with van der Waals surface area (Å²) in [6, 6.07) is 46.0. The maximum absolute atomic E-state index is 6.43. The lowest BCUT2D eigenvalue weighted by Gasteiger charge is -2.10. The molecule has 0 unspecified atom stereocenters. The van der Waals surface area contributed by atoms with Gasteiger partial charge in [0.2, 0.25) is 5.95 Å². The lowest BCUT2D eigenvalue weighted by molar-refractivity contribution is 0.673. The molecule has 0 spiro atoms. The number of nitrogens with zero attached hydrogens (tertiary/aromatic N) is 4. The van der Waals surface area contributed by atoms with E-state index in [-0.39, 0.29) is 0 Å². The third-order valence-corrected chi connectivity index (χ3v) is 9.83. The summed E-state index contributed by atoms with van der Waals surface area (Å²) in [5.74, 6) is 1.87. The van der Waals surface area contributed by atoms with Gasteiger partial charge in [0.25, 0.3) is 0 Å². The Morgan fingerprint density at radius 3 is 1.89 bits per heavy atom. The Morgan fingerprint density at radius 2 is 1.13 bits per heavy atom. The minimum Gasteiger partial charge on any atom is -0.455 e. The fourth-order valence-electron chi connectivity index (χ4n) is 6.59. The molecule has 10 aromatic rings. The van der Waals surface area contributed by atoms with Gasteiger partial charge in [-0.2, -0.15) is 9.97 Å². The molecular formula is C39H22N4OS. The van der Waals surface area contributed by atoms with Crippen LogP contribution in [0.3, 0.4) is 0 Å². The number of hydrogen-bond acceptors (Lipinski definition) is 5. The van der Waals surface area contributed by atoms with Gasteiger partial charge in [0, 0.05) is 48.1 Å². The molecular weight excluding hydrogens is 573 g/mol. The van der Waals surface area contributed by atoms with Crippen molar-refractivity contribution < 1.29 is 4.42 Å². The van der Waals surface area contributed by atoms with E-state index in [1.807, 2.05) is 72.8 Å². The predicted octanol–water partition coefficient (Wildman–Crippen LogP) is 10.6. The van der Waals surface area contributed by atoms with E-state index in [4.69, 9.17) is 19.4 Å². The van der Waals surface area contributed by atoms with Gasteiger partial charge >= 0.3 is 0 Å². The van der Waals surface area contributed by atoms with Crippen LogP contribution in [0.15, 0.2) is 138 Å². The Morgan fingerprint density at radius 1 is 0.489 bits per heavy atom. The van der Waals surface area contributed by atoms with E-state index in [0.717, 1.165) is 54.9 Å². The van der Waals surface area contributed by atoms with Crippen LogP contribution in [0.5, 0.6) is 0 Å². The lowest BCUT2D eigenvalue weighted by atomic mass is 10.1. The molecule has 0 bridgehead atoms. The first-order valence-corrected chi connectivity index (χ1v) is 15.7. The van der Waals surface area contributed by atoms with Crippen LogP contribution in [0.2, 0.25) is 0 Å². The Kier molecular flexibility index (Phi) is 5.09. The molecule has 0 aliphatic carbocycles. The van der Waals surface area contributed by atoms with Crippen LogP contribution in [0.1, 0.15) is 0 Å². The first kappa shape index (κ1) is 24.6. The molecule has 0 amide bonds. The Bertz CT molecular complexity index is 2700. The van der Waals surface area contributed by atoms with E-state index in [2.05, 4.69) is 65.2 Å². The monoisotopic (exact) mass is 594 g/mol. The van der Waals surface area contributed by atoms with E-state index >= 15 is 0 Å². The number of furan rings is 1. The molecule has 0 aliphatic rings. The summed E-state index contributed by atoms with van der Waals surface area (Å²) in [4.78, 5) is 15.1. The number of para-hydroxylation sites is 2. The molecule has 0 radical (unpaired) electrons. The van der Waals surface area contributed by atoms with Gasteiger partial charge in [-0.25, -0.2) is 4.98 Å². The highest BCUT2D eigenvalue weighted by molar-refractivity contribution is 7.26. The van der Waals surface area contributed by atoms with Crippen molar-refractivity contribution in [3.8, 4) is 28.7 Å². The second kappa shape index (κ2) is 9.32. The minimum atomic E-state index is 0.592. The van der Waals surface area contributed by atoms with Crippen molar-refractivity contribution in [1.82, 2.24) is 19.5 Å². The van der Waals surface area contributed by atoms with Gasteiger partial charge in [-0.05, 0) is 30.3 Å². The number of hydrogen-bond donors (Lipinski definition) is 0. The second-order valence-electron chi connectivity index (χ2n) is 11.3. The summed E-state index contributed by atoms with van der Waals surface area (Å²) < 4.78 is 11.0. The first-order chi connectivity index (χ1) is 22.3. The van der Waals surface area contributed by atoms with Gasteiger partial charge in [-0.1, -0.05) is 103 Å². The van der Waals surface area contributed by atoms with Crippen LogP contribution in [0.25, 0.3) is 92.6 Å². The van der Waals surface area contributed by atoms with Crippen LogP contribution in [-0.4, -0.2) is 19.5 Å². The molecule has 210 valence electrons. The molecule has 6 aromatic carbocycles. The zero-order valence-electron chi connectivity index (χ0n) is 23.8. The van der Waals surface area contributed by atoms with E-state index in [0.29, 0.717) is 17.6 Å². The number of thiophene rings is 1. The number of rotatable bonds is 3. The maximum Gasteiger partial charge on any atom is 0.238 e. The molecule has 0 N–H and O–H groups in total. The average molecular weight is 595 g/mol. The zero-order chi connectivity index (χ0) is 29.5. The highest BCUT2D eigenvalue weighted by atomic mass is 32.1. The quantitative estimate of drug-likeness (QED) is 0.204. The summed E-state index contributed by atoms with van der Waals surface area (Å²) in [5, 5.41) is 7.03. The number of benzene rings is 6. The molecule has 10 rings (SSSR count). The smallest absolute Gasteiger partial charge is 0.238 e. The standard InChI is InChI=1S/C39H22N4OS/c1-3-11-23(12-4-1)37-40-38(24-13-5-2-6-14-24)42-39(41-37)43-31-17-9-7-15-25(31)29-21-30-28-20-19-27-26-16-8-10-18-33(26)44-35(27)36(28)45-34(30)22-32(29)43/h1-22H. The Hall–Kier alpha value is -5.85. The molecule has 45 heavy (non-hydrogen) atoms. The van der Waals surface area contributed by atoms with Crippen LogP contribution in [0, 0.1) is 0 Å². The zero-order valence-corrected chi connectivity index (χ0v) is 24.6. The highest BCUT2D eigenvalue weighted by Crippen LogP contribution is 2.44. The van der Waals surface area contributed by atoms with Gasteiger partial charge in [0.05, 0.1) is 15.7 Å². The summed E-state index contributed by atoms with van der Waals surface area (Å²) in [5.41, 5.74) is 5.86. The van der Waals surface area contributed by atoms with Crippen molar-refractivity contribution in [3.05, 3.63) is 133 Å². The van der Waals surface area contributed by atoms with Crippen LogP contribution in [-0.2, 0) is 0 Å². The molecule has 0 saturated heterocycles. The fourth-order valence-corrected chi connectivity index (χ4v) is 7.79. The predicted molar refractivity (Wildman–Crippen MR) is 185 cm³/mol. The van der Waals surface area contributed by atoms with Crippen LogP contribution >= 0.6 is 11.3 Å². The molecule has 4 aromatic heterocycles. The SMILES string of the molecule is c1ccc(-c2nc(-c3ccccc3)nc(-n3c4ccccc4c4cc5c(cc43)sc3c5ccc4c5ccccc5oc43)n2)cc1. The normalized spacial score (nSPS) is 12.0. The number of fused-ring (bicyclic) bond motifs is 10. The van der Waals surface area contributed by atoms with Gasteiger partial charge in [0.15, 0.2) is 17.2 Å². The minimum absolute atomic E-state index is 0.592. The Labute approximate surface area is 260 Å². The third-order valence-electron chi connectivity index (χ3n) is 8.67. The number of aromatic nitrogens is 4. The highest BCUT2D eigenvalue weighted by Gasteiger charge is 2.20. The van der Waals surface area contributed by atoms with Crippen molar-refractivity contribution in [2.75, 3.05) is 0 Å². The van der Waals surface area contributed by atoms with Crippen LogP contribution in [0.4, 0.5) is 0 Å². The third kappa shape index (κ3) is 3.63. The first-order valence-electron chi connectivity index (χ1n) is 14.9. The molecule has 4 heterocycles. The van der Waals surface area contributed by atoms with E-state index in [9.17, 15) is 0 Å². The summed E-state index contributed by atoms with van der Waals surface area (Å²) in [7, 11) is 0. The van der Waals surface area contributed by atoms with Gasteiger partial charge in [-0.15, -0.1) is 11.3 Å². The summed E-state index contributed by atoms with van der Waals surface area (Å²) >= 11 is 1.77. The van der Waals surface area contributed by atoms with E-state index < -0.39 is 0 Å². The molecule has 0 saturated carbocycles. The van der Waals surface area contributed by atoms with Crippen molar-refractivity contribution in [1.29, 1.82) is 0 Å². The van der Waals surface area contributed by atoms with Crippen LogP contribution < -0.4 is 0 Å². The molecule has 0 fully saturated rings. The molecule has 6 heteroatoms. The largest absolute Gasteiger partial charge is 0.455 e. The van der Waals surface area contributed by atoms with Gasteiger partial charge in [0.1, 0.15) is 5.58 Å². The van der Waals surface area contributed by atoms with Crippen molar-refractivity contribution in [3.63, 3.8) is 0 Å². The molecule has 0 aliphatic heterocycles. The van der Waals surface area contributed by atoms with Crippen molar-refractivity contribution in [2.45, 2.75) is 0 Å². The maximum atomic E-state index is 6.43. The Balaban J connectivity index is 1.29. The molecule has 5 nitrogen and oxygen atoms in total. The van der Waals surface area contributed by atoms with Crippen molar-refractivity contribution >= 4 is 75.3 Å². The van der Waals surface area contributed by atoms with E-state index in [1.54, 1.807) is 11.3 Å².